The van der Waals surface area contributed by atoms with Crippen molar-refractivity contribution < 1.29 is 9.90 Å². The maximum Gasteiger partial charge on any atom is 0.315 e. The van der Waals surface area contributed by atoms with Gasteiger partial charge in [0, 0.05) is 10.8 Å². The molecule has 0 atom stereocenters. The molecule has 1 saturated carbocycles. The molecule has 1 N–H and O–H groups in total. The number of fused-ring (bicyclic) bond motifs is 1. The Bertz CT molecular complexity index is 598. The molecule has 1 fully saturated rings. The van der Waals surface area contributed by atoms with Crippen molar-refractivity contribution in [2.75, 3.05) is 0 Å². The number of aliphatic carboxylic acids is 1. The van der Waals surface area contributed by atoms with E-state index >= 15 is 0 Å². The molecule has 92 valence electrons. The first-order chi connectivity index (χ1) is 8.74. The van der Waals surface area contributed by atoms with Crippen molar-refractivity contribution in [3.8, 4) is 0 Å². The Balaban J connectivity index is 2.27. The number of carbonyl (C=O) groups is 1. The zero-order chi connectivity index (χ0) is 12.6. The molecule has 4 nitrogen and oxygen atoms in total. The highest BCUT2D eigenvalue weighted by Crippen LogP contribution is 2.42. The first kappa shape index (κ1) is 11.1. The normalized spacial score (nSPS) is 18.0. The van der Waals surface area contributed by atoms with Crippen LogP contribution in [0.2, 0.25) is 0 Å². The van der Waals surface area contributed by atoms with Crippen molar-refractivity contribution >= 4 is 16.7 Å². The van der Waals surface area contributed by atoms with Gasteiger partial charge >= 0.3 is 5.97 Å². The Kier molecular flexibility index (Phi) is 2.51. The molecule has 0 radical (unpaired) electrons. The zero-order valence-corrected chi connectivity index (χ0v) is 9.97. The second-order valence-electron chi connectivity index (χ2n) is 4.87. The molecule has 0 saturated heterocycles. The van der Waals surface area contributed by atoms with Crippen molar-refractivity contribution in [3.05, 3.63) is 36.2 Å². The van der Waals surface area contributed by atoms with Gasteiger partial charge in [0.25, 0.3) is 0 Å². The van der Waals surface area contributed by atoms with Crippen molar-refractivity contribution in [1.82, 2.24) is 10.2 Å². The summed E-state index contributed by atoms with van der Waals surface area (Å²) >= 11 is 0. The quantitative estimate of drug-likeness (QED) is 0.878. The molecular formula is C14H14N2O2. The topological polar surface area (TPSA) is 63.1 Å². The molecule has 0 amide bonds. The lowest BCUT2D eigenvalue weighted by Gasteiger charge is -2.23. The Morgan fingerprint density at radius 3 is 2.67 bits per heavy atom. The van der Waals surface area contributed by atoms with E-state index in [2.05, 4.69) is 10.2 Å². The van der Waals surface area contributed by atoms with Gasteiger partial charge in [-0.15, -0.1) is 0 Å². The lowest BCUT2D eigenvalue weighted by molar-refractivity contribution is -0.143. The smallest absolute Gasteiger partial charge is 0.315 e. The zero-order valence-electron chi connectivity index (χ0n) is 9.97. The third kappa shape index (κ3) is 1.49. The summed E-state index contributed by atoms with van der Waals surface area (Å²) in [5.74, 6) is -0.773. The number of carboxylic acids is 1. The van der Waals surface area contributed by atoms with Crippen molar-refractivity contribution in [2.45, 2.75) is 31.1 Å². The molecule has 1 aromatic heterocycles. The van der Waals surface area contributed by atoms with Crippen LogP contribution in [-0.4, -0.2) is 21.3 Å². The molecule has 2 aromatic rings. The summed E-state index contributed by atoms with van der Waals surface area (Å²) in [5, 5.41) is 19.6. The van der Waals surface area contributed by atoms with Crippen LogP contribution < -0.4 is 0 Å². The molecule has 1 aliphatic carbocycles. The van der Waals surface area contributed by atoms with E-state index in [-0.39, 0.29) is 0 Å². The van der Waals surface area contributed by atoms with Crippen LogP contribution >= 0.6 is 0 Å². The van der Waals surface area contributed by atoms with Crippen LogP contribution in [0, 0.1) is 0 Å². The number of rotatable bonds is 2. The van der Waals surface area contributed by atoms with Crippen LogP contribution in [-0.2, 0) is 10.2 Å². The van der Waals surface area contributed by atoms with Crippen molar-refractivity contribution in [3.63, 3.8) is 0 Å². The maximum atomic E-state index is 11.7. The fourth-order valence-corrected chi connectivity index (χ4v) is 2.91. The highest BCUT2D eigenvalue weighted by atomic mass is 16.4. The van der Waals surface area contributed by atoms with Gasteiger partial charge in [-0.1, -0.05) is 37.1 Å². The number of nitrogens with zero attached hydrogens (tertiary/aromatic N) is 2. The van der Waals surface area contributed by atoms with E-state index in [0.717, 1.165) is 23.6 Å². The van der Waals surface area contributed by atoms with Gasteiger partial charge in [-0.3, -0.25) is 4.79 Å². The van der Waals surface area contributed by atoms with Gasteiger partial charge in [0.2, 0.25) is 0 Å². The summed E-state index contributed by atoms with van der Waals surface area (Å²) in [6, 6.07) is 7.72. The summed E-state index contributed by atoms with van der Waals surface area (Å²) < 4.78 is 0. The Hall–Kier alpha value is -1.97. The summed E-state index contributed by atoms with van der Waals surface area (Å²) in [6.07, 6.45) is 4.88. The van der Waals surface area contributed by atoms with E-state index in [1.165, 1.54) is 0 Å². The lowest BCUT2D eigenvalue weighted by atomic mass is 9.80. The van der Waals surface area contributed by atoms with E-state index in [1.807, 2.05) is 24.3 Å². The number of hydrogen-bond acceptors (Lipinski definition) is 3. The minimum atomic E-state index is -0.839. The first-order valence-corrected chi connectivity index (χ1v) is 6.18. The van der Waals surface area contributed by atoms with Crippen LogP contribution in [0.15, 0.2) is 30.5 Å². The van der Waals surface area contributed by atoms with Crippen LogP contribution in [0.3, 0.4) is 0 Å². The van der Waals surface area contributed by atoms with Gasteiger partial charge in [0.05, 0.1) is 11.9 Å². The molecule has 0 spiro atoms. The molecule has 3 rings (SSSR count). The lowest BCUT2D eigenvalue weighted by Crippen LogP contribution is -2.34. The highest BCUT2D eigenvalue weighted by molar-refractivity contribution is 5.91. The summed E-state index contributed by atoms with van der Waals surface area (Å²) in [6.45, 7) is 0. The average Bonchev–Trinajstić information content (AvgIpc) is 2.88. The molecular weight excluding hydrogens is 228 g/mol. The van der Waals surface area contributed by atoms with Gasteiger partial charge in [0.15, 0.2) is 0 Å². The van der Waals surface area contributed by atoms with E-state index in [1.54, 1.807) is 6.20 Å². The van der Waals surface area contributed by atoms with Gasteiger partial charge in [0.1, 0.15) is 5.41 Å². The second-order valence-corrected chi connectivity index (χ2v) is 4.87. The number of benzene rings is 1. The minimum Gasteiger partial charge on any atom is -0.481 e. The second kappa shape index (κ2) is 4.05. The summed E-state index contributed by atoms with van der Waals surface area (Å²) in [4.78, 5) is 11.7. The Morgan fingerprint density at radius 2 is 1.94 bits per heavy atom. The Morgan fingerprint density at radius 1 is 1.22 bits per heavy atom. The largest absolute Gasteiger partial charge is 0.481 e. The molecule has 18 heavy (non-hydrogen) atoms. The predicted molar refractivity (Wildman–Crippen MR) is 67.3 cm³/mol. The molecule has 0 aliphatic heterocycles. The van der Waals surface area contributed by atoms with Crippen LogP contribution in [0.1, 0.15) is 31.4 Å². The molecule has 0 unspecified atom stereocenters. The molecule has 1 aliphatic rings. The Labute approximate surface area is 105 Å². The molecule has 1 aromatic carbocycles. The fourth-order valence-electron chi connectivity index (χ4n) is 2.91. The molecule has 4 heteroatoms. The molecule has 0 bridgehead atoms. The number of carboxylic acid groups (broad SMARTS) is 1. The van der Waals surface area contributed by atoms with Crippen molar-refractivity contribution in [2.24, 2.45) is 0 Å². The van der Waals surface area contributed by atoms with E-state index in [0.29, 0.717) is 18.5 Å². The SMILES string of the molecule is O=C(O)C1(c2nncc3ccccc23)CCCC1. The van der Waals surface area contributed by atoms with E-state index in [4.69, 9.17) is 0 Å². The number of hydrogen-bond donors (Lipinski definition) is 1. The van der Waals surface area contributed by atoms with Gasteiger partial charge < -0.3 is 5.11 Å². The maximum absolute atomic E-state index is 11.7. The van der Waals surface area contributed by atoms with Gasteiger partial charge in [-0.05, 0) is 12.8 Å². The number of aromatic nitrogens is 2. The highest BCUT2D eigenvalue weighted by Gasteiger charge is 2.45. The van der Waals surface area contributed by atoms with E-state index in [9.17, 15) is 9.90 Å². The van der Waals surface area contributed by atoms with Crippen LogP contribution in [0.25, 0.3) is 10.8 Å². The first-order valence-electron chi connectivity index (χ1n) is 6.18. The third-order valence-corrected chi connectivity index (χ3v) is 3.89. The van der Waals surface area contributed by atoms with Crippen molar-refractivity contribution in [1.29, 1.82) is 0 Å². The minimum absolute atomic E-state index is 0.630. The third-order valence-electron chi connectivity index (χ3n) is 3.89. The summed E-state index contributed by atoms with van der Waals surface area (Å²) in [5.41, 5.74) is -0.209. The van der Waals surface area contributed by atoms with Crippen LogP contribution in [0.5, 0.6) is 0 Å². The molecule has 1 heterocycles. The monoisotopic (exact) mass is 242 g/mol. The standard InChI is InChI=1S/C14H14N2O2/c17-13(18)14(7-3-4-8-14)12-11-6-2-1-5-10(11)9-15-16-12/h1-2,5-6,9H,3-4,7-8H2,(H,17,18). The van der Waals surface area contributed by atoms with Crippen LogP contribution in [0.4, 0.5) is 0 Å². The van der Waals surface area contributed by atoms with Gasteiger partial charge in [-0.2, -0.15) is 10.2 Å². The predicted octanol–water partition coefficient (Wildman–Crippen LogP) is 2.53. The van der Waals surface area contributed by atoms with Gasteiger partial charge in [-0.25, -0.2) is 0 Å². The average molecular weight is 242 g/mol. The fraction of sp³-hybridized carbons (Fsp3) is 0.357. The summed E-state index contributed by atoms with van der Waals surface area (Å²) in [7, 11) is 0. The van der Waals surface area contributed by atoms with E-state index < -0.39 is 11.4 Å².